The number of para-hydroxylation sites is 2. The van der Waals surface area contributed by atoms with Crippen molar-refractivity contribution >= 4 is 38.7 Å². The molecular formula is C26H31N5O8S. The highest BCUT2D eigenvalue weighted by Gasteiger charge is 2.39. The van der Waals surface area contributed by atoms with E-state index in [1.165, 1.54) is 23.1 Å². The smallest absolute Gasteiger partial charge is 0.317 e. The number of sulfone groups is 1. The Bertz CT molecular complexity index is 1420. The van der Waals surface area contributed by atoms with E-state index in [-0.39, 0.29) is 36.9 Å². The molecule has 3 heterocycles. The number of benzene rings is 1. The summed E-state index contributed by atoms with van der Waals surface area (Å²) in [5, 5.41) is 15.7. The van der Waals surface area contributed by atoms with Gasteiger partial charge in [-0.15, -0.1) is 0 Å². The number of ether oxygens (including phenoxy) is 1. The maximum absolute atomic E-state index is 13.2. The van der Waals surface area contributed by atoms with Crippen molar-refractivity contribution in [1.29, 1.82) is 0 Å². The Hall–Kier alpha value is -4.04. The van der Waals surface area contributed by atoms with Crippen LogP contribution in [0.25, 0.3) is 11.1 Å². The molecule has 3 aromatic rings. The van der Waals surface area contributed by atoms with Gasteiger partial charge >= 0.3 is 6.03 Å². The molecule has 0 spiro atoms. The molecule has 0 unspecified atom stereocenters. The molecule has 13 nitrogen and oxygen atoms in total. The topological polar surface area (TPSA) is 175 Å². The third-order valence-electron chi connectivity index (χ3n) is 6.34. The number of morpholine rings is 1. The van der Waals surface area contributed by atoms with E-state index in [0.717, 1.165) is 6.20 Å². The summed E-state index contributed by atoms with van der Waals surface area (Å²) in [6.07, 6.45) is 2.03. The summed E-state index contributed by atoms with van der Waals surface area (Å²) in [7, 11) is -4.19. The molecule has 0 radical (unpaired) electrons. The minimum Gasteiger partial charge on any atom is -0.618 e. The number of urea groups is 1. The maximum Gasteiger partial charge on any atom is 0.317 e. The van der Waals surface area contributed by atoms with Crippen LogP contribution in [0.15, 0.2) is 53.1 Å². The van der Waals surface area contributed by atoms with E-state index in [9.17, 15) is 28.0 Å². The van der Waals surface area contributed by atoms with Crippen LogP contribution in [0.1, 0.15) is 40.9 Å². The molecule has 14 heteroatoms. The monoisotopic (exact) mass is 573 g/mol. The average Bonchev–Trinajstić information content (AvgIpc) is 3.39. The number of hydrogen-bond acceptors (Lipinski definition) is 9. The molecule has 1 fully saturated rings. The molecule has 1 aliphatic rings. The molecule has 0 bridgehead atoms. The number of Topliss-reactive ketones (excluding diaryl/α,β-unsaturated/α-hetero) is 1. The molecule has 2 N–H and O–H groups in total. The van der Waals surface area contributed by atoms with Crippen molar-refractivity contribution in [2.75, 3.05) is 45.1 Å². The van der Waals surface area contributed by atoms with Gasteiger partial charge in [0.05, 0.1) is 19.0 Å². The zero-order chi connectivity index (χ0) is 28.5. The summed E-state index contributed by atoms with van der Waals surface area (Å²) in [6.45, 7) is 1.44. The van der Waals surface area contributed by atoms with Gasteiger partial charge in [0.25, 0.3) is 5.89 Å². The van der Waals surface area contributed by atoms with Crippen molar-refractivity contribution in [2.24, 2.45) is 0 Å². The lowest BCUT2D eigenvalue weighted by molar-refractivity contribution is -0.613. The third-order valence-corrected chi connectivity index (χ3v) is 8.29. The summed E-state index contributed by atoms with van der Waals surface area (Å²) >= 11 is 0. The Labute approximate surface area is 231 Å². The van der Waals surface area contributed by atoms with E-state index in [1.54, 1.807) is 24.3 Å². The molecule has 1 aromatic carbocycles. The Morgan fingerprint density at radius 1 is 1.02 bits per heavy atom. The number of oxazole rings is 1. The van der Waals surface area contributed by atoms with Gasteiger partial charge in [0.1, 0.15) is 5.52 Å². The standard InChI is InChI=1S/C26H31N5O8S/c32-21(25-29-19-7-1-2-10-22(19)39-25)9-3-5-11-27-24(33)23(20-8-4-6-13-31(20)35)40(36,37)18-12-28-26(34)30-14-16-38-17-15-30/h1-2,4,6-8,10,13,23H,3,5,9,11-12,14-18H2,(H,27,33)(H,28,34)/t23-/m0/s1. The van der Waals surface area contributed by atoms with Gasteiger partial charge in [0.15, 0.2) is 21.6 Å². The lowest BCUT2D eigenvalue weighted by atomic mass is 10.1. The zero-order valence-corrected chi connectivity index (χ0v) is 22.6. The number of amides is 3. The maximum atomic E-state index is 13.2. The van der Waals surface area contributed by atoms with Gasteiger partial charge in [-0.2, -0.15) is 4.73 Å². The van der Waals surface area contributed by atoms with E-state index in [2.05, 4.69) is 15.6 Å². The first-order valence-corrected chi connectivity index (χ1v) is 14.6. The highest BCUT2D eigenvalue weighted by Crippen LogP contribution is 2.21. The van der Waals surface area contributed by atoms with Gasteiger partial charge < -0.3 is 29.9 Å². The second-order valence-corrected chi connectivity index (χ2v) is 11.4. The zero-order valence-electron chi connectivity index (χ0n) is 21.8. The van der Waals surface area contributed by atoms with Crippen LogP contribution in [0.2, 0.25) is 0 Å². The first-order valence-electron chi connectivity index (χ1n) is 12.9. The van der Waals surface area contributed by atoms with Crippen LogP contribution in [0.3, 0.4) is 0 Å². The molecule has 40 heavy (non-hydrogen) atoms. The van der Waals surface area contributed by atoms with Crippen LogP contribution < -0.4 is 15.4 Å². The second-order valence-electron chi connectivity index (χ2n) is 9.19. The fourth-order valence-corrected chi connectivity index (χ4v) is 5.82. The summed E-state index contributed by atoms with van der Waals surface area (Å²) in [6, 6.07) is 10.8. The van der Waals surface area contributed by atoms with Crippen LogP contribution in [0.4, 0.5) is 4.79 Å². The van der Waals surface area contributed by atoms with E-state index in [0.29, 0.717) is 55.0 Å². The van der Waals surface area contributed by atoms with Gasteiger partial charge in [-0.25, -0.2) is 18.2 Å². The molecule has 3 amide bonds. The van der Waals surface area contributed by atoms with Crippen molar-refractivity contribution in [3.63, 3.8) is 0 Å². The van der Waals surface area contributed by atoms with E-state index in [1.807, 2.05) is 0 Å². The summed E-state index contributed by atoms with van der Waals surface area (Å²) in [5.74, 6) is -1.67. The first-order chi connectivity index (χ1) is 19.3. The predicted molar refractivity (Wildman–Crippen MR) is 143 cm³/mol. The van der Waals surface area contributed by atoms with Crippen LogP contribution >= 0.6 is 0 Å². The SMILES string of the molecule is O=C(CCCCNC(=O)[C@H](c1cccc[n+]1[O-])S(=O)(=O)CCNC(=O)N1CCOCC1)c1nc2ccccc2o1. The number of carbonyl (C=O) groups is 3. The molecule has 0 saturated carbocycles. The summed E-state index contributed by atoms with van der Waals surface area (Å²) < 4.78 is 37.5. The van der Waals surface area contributed by atoms with Gasteiger partial charge in [-0.1, -0.05) is 12.1 Å². The number of aromatic nitrogens is 2. The molecule has 2 aromatic heterocycles. The molecule has 1 atom stereocenters. The van der Waals surface area contributed by atoms with Crippen molar-refractivity contribution in [2.45, 2.75) is 24.5 Å². The van der Waals surface area contributed by atoms with Crippen molar-refractivity contribution in [1.82, 2.24) is 20.5 Å². The normalized spacial score (nSPS) is 14.6. The highest BCUT2D eigenvalue weighted by molar-refractivity contribution is 7.92. The number of fused-ring (bicyclic) bond motifs is 1. The number of carbonyl (C=O) groups excluding carboxylic acids is 3. The third kappa shape index (κ3) is 7.33. The van der Waals surface area contributed by atoms with Gasteiger partial charge in [0.2, 0.25) is 22.6 Å². The average molecular weight is 574 g/mol. The van der Waals surface area contributed by atoms with Gasteiger partial charge in [-0.3, -0.25) is 9.59 Å². The van der Waals surface area contributed by atoms with Crippen LogP contribution in [-0.4, -0.2) is 81.2 Å². The Kier molecular flexibility index (Phi) is 9.66. The molecule has 4 rings (SSSR count). The number of hydrogen-bond donors (Lipinski definition) is 2. The Balaban J connectivity index is 1.31. The fourth-order valence-electron chi connectivity index (χ4n) is 4.24. The second kappa shape index (κ2) is 13.3. The summed E-state index contributed by atoms with van der Waals surface area (Å²) in [5.41, 5.74) is 0.857. The van der Waals surface area contributed by atoms with Crippen LogP contribution in [0.5, 0.6) is 0 Å². The van der Waals surface area contributed by atoms with Gasteiger partial charge in [0, 0.05) is 44.7 Å². The molecule has 0 aliphatic carbocycles. The lowest BCUT2D eigenvalue weighted by Gasteiger charge is -2.27. The number of nitrogens with one attached hydrogen (secondary N) is 2. The number of pyridine rings is 1. The van der Waals surface area contributed by atoms with E-state index >= 15 is 0 Å². The molecule has 1 saturated heterocycles. The fraction of sp³-hybridized carbons (Fsp3) is 0.423. The van der Waals surface area contributed by atoms with Gasteiger partial charge in [-0.05, 0) is 31.0 Å². The van der Waals surface area contributed by atoms with E-state index < -0.39 is 32.8 Å². The van der Waals surface area contributed by atoms with Crippen LogP contribution in [0, 0.1) is 5.21 Å². The van der Waals surface area contributed by atoms with E-state index in [4.69, 9.17) is 9.15 Å². The molecular weight excluding hydrogens is 542 g/mol. The minimum atomic E-state index is -4.19. The molecule has 1 aliphatic heterocycles. The van der Waals surface area contributed by atoms with Crippen molar-refractivity contribution < 1.29 is 36.7 Å². The number of unbranched alkanes of at least 4 members (excludes halogenated alkanes) is 1. The van der Waals surface area contributed by atoms with Crippen molar-refractivity contribution in [3.05, 3.63) is 65.5 Å². The summed E-state index contributed by atoms with van der Waals surface area (Å²) in [4.78, 5) is 43.5. The lowest BCUT2D eigenvalue weighted by Crippen LogP contribution is -2.48. The first kappa shape index (κ1) is 29.0. The van der Waals surface area contributed by atoms with Crippen LogP contribution in [-0.2, 0) is 19.4 Å². The predicted octanol–water partition coefficient (Wildman–Crippen LogP) is 1.13. The Morgan fingerprint density at radius 3 is 2.52 bits per heavy atom. The Morgan fingerprint density at radius 2 is 1.77 bits per heavy atom. The minimum absolute atomic E-state index is 0.0150. The number of rotatable bonds is 12. The highest BCUT2D eigenvalue weighted by atomic mass is 32.2. The quantitative estimate of drug-likeness (QED) is 0.139. The van der Waals surface area contributed by atoms with Crippen molar-refractivity contribution in [3.8, 4) is 0 Å². The number of nitrogens with zero attached hydrogens (tertiary/aromatic N) is 3. The molecule has 214 valence electrons. The largest absolute Gasteiger partial charge is 0.618 e. The number of ketones is 1.